The van der Waals surface area contributed by atoms with Crippen LogP contribution in [0.15, 0.2) is 0 Å². The summed E-state index contributed by atoms with van der Waals surface area (Å²) in [6.45, 7) is 0.953. The van der Waals surface area contributed by atoms with Crippen LogP contribution in [0.25, 0.3) is 0 Å². The van der Waals surface area contributed by atoms with Crippen molar-refractivity contribution < 1.29 is 0 Å². The third kappa shape index (κ3) is 1.01. The van der Waals surface area contributed by atoms with Gasteiger partial charge in [0.2, 0.25) is 0 Å². The minimum absolute atomic E-state index is 0.226. The number of hydrogen-bond acceptors (Lipinski definition) is 1. The van der Waals surface area contributed by atoms with Crippen LogP contribution >= 0.6 is 11.6 Å². The van der Waals surface area contributed by atoms with Crippen LogP contribution in [-0.4, -0.2) is 11.4 Å². The maximum absolute atomic E-state index is 6.87. The highest BCUT2D eigenvalue weighted by Crippen LogP contribution is 2.75. The van der Waals surface area contributed by atoms with Crippen LogP contribution in [0.5, 0.6) is 0 Å². The fraction of sp³-hybridized carbons (Fsp3) is 1.00. The molecule has 2 N–H and O–H groups in total. The van der Waals surface area contributed by atoms with Gasteiger partial charge in [0.15, 0.2) is 0 Å². The lowest BCUT2D eigenvalue weighted by atomic mass is 9.33. The van der Waals surface area contributed by atoms with Crippen molar-refractivity contribution in [3.63, 3.8) is 0 Å². The number of halogens is 1. The van der Waals surface area contributed by atoms with Crippen LogP contribution in [0.4, 0.5) is 0 Å². The lowest BCUT2D eigenvalue weighted by Crippen LogP contribution is -2.69. The van der Waals surface area contributed by atoms with Crippen molar-refractivity contribution in [2.45, 2.75) is 43.4 Å². The molecule has 7 fully saturated rings. The first-order valence-corrected chi connectivity index (χ1v) is 7.90. The van der Waals surface area contributed by atoms with E-state index in [0.717, 1.165) is 42.1 Å². The second kappa shape index (κ2) is 2.72. The third-order valence-corrected chi connectivity index (χ3v) is 8.01. The molecule has 0 saturated heterocycles. The van der Waals surface area contributed by atoms with E-state index in [-0.39, 0.29) is 4.87 Å². The first kappa shape index (κ1) is 10.1. The summed E-state index contributed by atoms with van der Waals surface area (Å²) in [6, 6.07) is 0. The van der Waals surface area contributed by atoms with E-state index < -0.39 is 0 Å². The fourth-order valence-electron chi connectivity index (χ4n) is 7.24. The van der Waals surface area contributed by atoms with Crippen molar-refractivity contribution in [1.82, 2.24) is 0 Å². The lowest BCUT2D eigenvalue weighted by molar-refractivity contribution is -0.224. The van der Waals surface area contributed by atoms with Crippen molar-refractivity contribution >= 4 is 11.6 Å². The summed E-state index contributed by atoms with van der Waals surface area (Å²) in [5.41, 5.74) is 6.70. The molecule has 7 saturated carbocycles. The van der Waals surface area contributed by atoms with E-state index in [1.165, 1.54) is 38.5 Å². The maximum atomic E-state index is 6.87. The summed E-state index contributed by atoms with van der Waals surface area (Å²) in [7, 11) is 0. The summed E-state index contributed by atoms with van der Waals surface area (Å²) >= 11 is 6.87. The van der Waals surface area contributed by atoms with Gasteiger partial charge in [0.1, 0.15) is 0 Å². The van der Waals surface area contributed by atoms with Gasteiger partial charge in [-0.2, -0.15) is 0 Å². The van der Waals surface area contributed by atoms with Crippen molar-refractivity contribution in [2.75, 3.05) is 6.54 Å². The van der Waals surface area contributed by atoms with E-state index in [1.54, 1.807) is 0 Å². The quantitative estimate of drug-likeness (QED) is 0.713. The van der Waals surface area contributed by atoms with E-state index >= 15 is 0 Å². The van der Waals surface area contributed by atoms with E-state index in [9.17, 15) is 0 Å². The Hall–Kier alpha value is 0.250. The molecule has 0 aromatic heterocycles. The highest BCUT2D eigenvalue weighted by atomic mass is 35.5. The molecule has 2 heteroatoms. The molecule has 7 rings (SSSR count). The van der Waals surface area contributed by atoms with Crippen molar-refractivity contribution in [3.05, 3.63) is 0 Å². The topological polar surface area (TPSA) is 26.0 Å². The van der Waals surface area contributed by atoms with E-state index in [1.807, 2.05) is 0 Å². The molecular formula is C15H22ClN. The molecule has 0 aromatic carbocycles. The highest BCUT2D eigenvalue weighted by molar-refractivity contribution is 6.24. The minimum Gasteiger partial charge on any atom is -0.330 e. The van der Waals surface area contributed by atoms with Crippen LogP contribution < -0.4 is 5.73 Å². The third-order valence-electron chi connectivity index (χ3n) is 7.54. The molecular weight excluding hydrogens is 230 g/mol. The van der Waals surface area contributed by atoms with Gasteiger partial charge in [-0.1, -0.05) is 0 Å². The lowest BCUT2D eigenvalue weighted by Gasteiger charge is -2.74. The smallest absolute Gasteiger partial charge is 0.0455 e. The largest absolute Gasteiger partial charge is 0.330 e. The second-order valence-electron chi connectivity index (χ2n) is 8.06. The standard InChI is InChI=1S/C15H22ClN/c16-15-4-11-8-1-14(7-17)2-9(11)13(6-15)10(3-14)12(8)5-15/h8-13H,1-7,17H2. The molecule has 7 aliphatic carbocycles. The number of alkyl halides is 1. The molecule has 1 nitrogen and oxygen atoms in total. The molecule has 94 valence electrons. The molecule has 0 radical (unpaired) electrons. The monoisotopic (exact) mass is 251 g/mol. The Morgan fingerprint density at radius 1 is 0.765 bits per heavy atom. The molecule has 0 aliphatic heterocycles. The molecule has 7 aliphatic rings. The molecule has 0 unspecified atom stereocenters. The zero-order chi connectivity index (χ0) is 11.4. The van der Waals surface area contributed by atoms with Crippen LogP contribution in [-0.2, 0) is 0 Å². The summed E-state index contributed by atoms with van der Waals surface area (Å²) in [4.78, 5) is 0.226. The minimum atomic E-state index is 0.226. The van der Waals surface area contributed by atoms with E-state index in [0.29, 0.717) is 5.41 Å². The van der Waals surface area contributed by atoms with Gasteiger partial charge in [-0.15, -0.1) is 11.6 Å². The number of nitrogens with two attached hydrogens (primary N) is 1. The molecule has 0 amide bonds. The van der Waals surface area contributed by atoms with Crippen molar-refractivity contribution in [2.24, 2.45) is 46.7 Å². The summed E-state index contributed by atoms with van der Waals surface area (Å²) < 4.78 is 0. The predicted molar refractivity (Wildman–Crippen MR) is 68.7 cm³/mol. The van der Waals surface area contributed by atoms with E-state index in [4.69, 9.17) is 17.3 Å². The van der Waals surface area contributed by atoms with Gasteiger partial charge in [-0.05, 0) is 86.0 Å². The van der Waals surface area contributed by atoms with Gasteiger partial charge in [0, 0.05) is 4.87 Å². The Morgan fingerprint density at radius 2 is 1.12 bits per heavy atom. The Labute approximate surface area is 108 Å². The van der Waals surface area contributed by atoms with Gasteiger partial charge in [-0.3, -0.25) is 0 Å². The number of hydrogen-bond donors (Lipinski definition) is 1. The zero-order valence-electron chi connectivity index (χ0n) is 10.4. The second-order valence-corrected chi connectivity index (χ2v) is 8.86. The van der Waals surface area contributed by atoms with Gasteiger partial charge in [0.25, 0.3) is 0 Å². The SMILES string of the molecule is NCC12CC3C4CC5(Cl)CC3C(C1)C(C5)C4C2. The Bertz CT molecular complexity index is 327. The van der Waals surface area contributed by atoms with Gasteiger partial charge < -0.3 is 5.73 Å². The van der Waals surface area contributed by atoms with Crippen molar-refractivity contribution in [3.8, 4) is 0 Å². The highest BCUT2D eigenvalue weighted by Gasteiger charge is 2.69. The Kier molecular flexibility index (Phi) is 1.62. The molecule has 0 aromatic rings. The zero-order valence-corrected chi connectivity index (χ0v) is 11.1. The summed E-state index contributed by atoms with van der Waals surface area (Å²) in [5, 5.41) is 0. The van der Waals surface area contributed by atoms with Gasteiger partial charge in [-0.25, -0.2) is 0 Å². The number of rotatable bonds is 1. The van der Waals surface area contributed by atoms with Crippen LogP contribution in [0.1, 0.15) is 38.5 Å². The molecule has 0 heterocycles. The van der Waals surface area contributed by atoms with Crippen LogP contribution in [0.3, 0.4) is 0 Å². The van der Waals surface area contributed by atoms with Gasteiger partial charge >= 0.3 is 0 Å². The first-order chi connectivity index (χ1) is 8.13. The van der Waals surface area contributed by atoms with Crippen LogP contribution in [0, 0.1) is 40.9 Å². The first-order valence-electron chi connectivity index (χ1n) is 7.52. The summed E-state index contributed by atoms with van der Waals surface area (Å²) in [5.74, 6) is 6.00. The fourth-order valence-corrected chi connectivity index (χ4v) is 7.77. The van der Waals surface area contributed by atoms with Gasteiger partial charge in [0.05, 0.1) is 0 Å². The van der Waals surface area contributed by atoms with Crippen LogP contribution in [0.2, 0.25) is 0 Å². The average molecular weight is 252 g/mol. The predicted octanol–water partition coefficient (Wildman–Crippen LogP) is 3.01. The maximum Gasteiger partial charge on any atom is 0.0455 e. The summed E-state index contributed by atoms with van der Waals surface area (Å²) in [6.07, 6.45) is 8.36. The molecule has 8 bridgehead atoms. The molecule has 0 spiro atoms. The molecule has 0 atom stereocenters. The average Bonchev–Trinajstić information content (AvgIpc) is 2.33. The van der Waals surface area contributed by atoms with E-state index in [2.05, 4.69) is 0 Å². The Balaban J connectivity index is 1.64. The van der Waals surface area contributed by atoms with Crippen molar-refractivity contribution in [1.29, 1.82) is 0 Å². The molecule has 17 heavy (non-hydrogen) atoms. The normalized spacial score (nSPS) is 70.2. The Morgan fingerprint density at radius 3 is 1.47 bits per heavy atom.